The van der Waals surface area contributed by atoms with E-state index in [9.17, 15) is 8.42 Å². The third-order valence-corrected chi connectivity index (χ3v) is 4.97. The Morgan fingerprint density at radius 1 is 0.818 bits per heavy atom. The van der Waals surface area contributed by atoms with Crippen LogP contribution in [-0.4, -0.2) is 8.42 Å². The largest absolute Gasteiger partial charge is 0.238 e. The molecular formula is C18H17NO2S. The zero-order valence-corrected chi connectivity index (χ0v) is 13.0. The van der Waals surface area contributed by atoms with E-state index in [-0.39, 0.29) is 10.8 Å². The lowest BCUT2D eigenvalue weighted by atomic mass is 9.89. The molecule has 0 saturated carbocycles. The molecular weight excluding hydrogens is 294 g/mol. The quantitative estimate of drug-likeness (QED) is 0.802. The van der Waals surface area contributed by atoms with Crippen LogP contribution in [0.4, 0.5) is 0 Å². The van der Waals surface area contributed by atoms with Gasteiger partial charge in [0, 0.05) is 5.92 Å². The van der Waals surface area contributed by atoms with E-state index in [1.54, 1.807) is 12.1 Å². The molecule has 0 saturated heterocycles. The molecule has 0 aromatic heterocycles. The Hall–Kier alpha value is -2.17. The predicted octanol–water partition coefficient (Wildman–Crippen LogP) is 3.64. The van der Waals surface area contributed by atoms with Crippen LogP contribution in [0.15, 0.2) is 71.6 Å². The SMILES string of the molecule is CC(c1ccccc1S(N)(=O)=O)c1cccc2ccccc12. The zero-order valence-electron chi connectivity index (χ0n) is 12.2. The lowest BCUT2D eigenvalue weighted by molar-refractivity contribution is 0.596. The van der Waals surface area contributed by atoms with Crippen molar-refractivity contribution in [3.63, 3.8) is 0 Å². The Labute approximate surface area is 130 Å². The van der Waals surface area contributed by atoms with E-state index in [1.165, 1.54) is 0 Å². The fraction of sp³-hybridized carbons (Fsp3) is 0.111. The molecule has 0 radical (unpaired) electrons. The normalized spacial score (nSPS) is 13.2. The van der Waals surface area contributed by atoms with Gasteiger partial charge in [-0.15, -0.1) is 0 Å². The van der Waals surface area contributed by atoms with Crippen LogP contribution in [0.1, 0.15) is 24.0 Å². The van der Waals surface area contributed by atoms with Crippen LogP contribution in [0.3, 0.4) is 0 Å². The van der Waals surface area contributed by atoms with Crippen LogP contribution < -0.4 is 5.14 Å². The molecule has 3 rings (SSSR count). The average molecular weight is 311 g/mol. The molecule has 0 fully saturated rings. The monoisotopic (exact) mass is 311 g/mol. The fourth-order valence-corrected chi connectivity index (χ4v) is 3.73. The Morgan fingerprint density at radius 2 is 1.41 bits per heavy atom. The van der Waals surface area contributed by atoms with Gasteiger partial charge in [-0.05, 0) is 28.0 Å². The summed E-state index contributed by atoms with van der Waals surface area (Å²) in [5.41, 5.74) is 1.82. The maximum Gasteiger partial charge on any atom is 0.238 e. The van der Waals surface area contributed by atoms with Crippen LogP contribution >= 0.6 is 0 Å². The summed E-state index contributed by atoms with van der Waals surface area (Å²) < 4.78 is 23.7. The van der Waals surface area contributed by atoms with Crippen molar-refractivity contribution in [3.8, 4) is 0 Å². The number of sulfonamides is 1. The van der Waals surface area contributed by atoms with Crippen LogP contribution in [0.2, 0.25) is 0 Å². The molecule has 22 heavy (non-hydrogen) atoms. The minimum atomic E-state index is -3.74. The summed E-state index contributed by atoms with van der Waals surface area (Å²) in [6.45, 7) is 2.01. The second-order valence-electron chi connectivity index (χ2n) is 5.37. The van der Waals surface area contributed by atoms with E-state index >= 15 is 0 Å². The molecule has 2 N–H and O–H groups in total. The van der Waals surface area contributed by atoms with Crippen molar-refractivity contribution in [1.29, 1.82) is 0 Å². The third-order valence-electron chi connectivity index (χ3n) is 3.98. The Balaban J connectivity index is 2.21. The van der Waals surface area contributed by atoms with Gasteiger partial charge in [-0.3, -0.25) is 0 Å². The molecule has 0 aliphatic carbocycles. The summed E-state index contributed by atoms with van der Waals surface area (Å²) in [5, 5.41) is 7.62. The van der Waals surface area contributed by atoms with E-state index in [0.717, 1.165) is 21.9 Å². The minimum Gasteiger partial charge on any atom is -0.225 e. The van der Waals surface area contributed by atoms with Gasteiger partial charge < -0.3 is 0 Å². The van der Waals surface area contributed by atoms with Gasteiger partial charge in [-0.2, -0.15) is 0 Å². The van der Waals surface area contributed by atoms with Gasteiger partial charge in [-0.25, -0.2) is 13.6 Å². The maximum atomic E-state index is 11.8. The van der Waals surface area contributed by atoms with Crippen molar-refractivity contribution in [3.05, 3.63) is 77.9 Å². The van der Waals surface area contributed by atoms with E-state index in [1.807, 2.05) is 43.3 Å². The lowest BCUT2D eigenvalue weighted by Gasteiger charge is -2.18. The molecule has 0 amide bonds. The smallest absolute Gasteiger partial charge is 0.225 e. The first kappa shape index (κ1) is 14.8. The lowest BCUT2D eigenvalue weighted by Crippen LogP contribution is -2.15. The predicted molar refractivity (Wildman–Crippen MR) is 89.3 cm³/mol. The topological polar surface area (TPSA) is 60.2 Å². The van der Waals surface area contributed by atoms with Crippen LogP contribution in [0.25, 0.3) is 10.8 Å². The van der Waals surface area contributed by atoms with Gasteiger partial charge in [-0.1, -0.05) is 67.6 Å². The number of benzene rings is 3. The molecule has 0 bridgehead atoms. The highest BCUT2D eigenvalue weighted by Crippen LogP contribution is 2.33. The first-order valence-electron chi connectivity index (χ1n) is 7.08. The maximum absolute atomic E-state index is 11.8. The number of primary sulfonamides is 1. The molecule has 3 aromatic rings. The summed E-state index contributed by atoms with van der Waals surface area (Å²) in [7, 11) is -3.74. The van der Waals surface area contributed by atoms with Gasteiger partial charge in [0.25, 0.3) is 0 Å². The molecule has 1 atom stereocenters. The second-order valence-corrected chi connectivity index (χ2v) is 6.90. The molecule has 0 spiro atoms. The molecule has 0 aliphatic rings. The first-order chi connectivity index (χ1) is 10.5. The summed E-state index contributed by atoms with van der Waals surface area (Å²) in [6, 6.07) is 21.1. The van der Waals surface area contributed by atoms with Gasteiger partial charge in [0.05, 0.1) is 4.90 Å². The zero-order chi connectivity index (χ0) is 15.7. The second kappa shape index (κ2) is 5.55. The van der Waals surface area contributed by atoms with Gasteiger partial charge >= 0.3 is 0 Å². The number of nitrogens with two attached hydrogens (primary N) is 1. The van der Waals surface area contributed by atoms with Gasteiger partial charge in [0.15, 0.2) is 0 Å². The van der Waals surface area contributed by atoms with Crippen LogP contribution in [-0.2, 0) is 10.0 Å². The van der Waals surface area contributed by atoms with E-state index in [0.29, 0.717) is 0 Å². The molecule has 1 unspecified atom stereocenters. The highest BCUT2D eigenvalue weighted by atomic mass is 32.2. The molecule has 4 heteroatoms. The number of fused-ring (bicyclic) bond motifs is 1. The number of hydrogen-bond donors (Lipinski definition) is 1. The summed E-state index contributed by atoms with van der Waals surface area (Å²) in [4.78, 5) is 0.190. The summed E-state index contributed by atoms with van der Waals surface area (Å²) in [6.07, 6.45) is 0. The molecule has 3 aromatic carbocycles. The standard InChI is InChI=1S/C18H17NO2S/c1-13(16-9-4-5-12-18(16)22(19,20)21)15-11-6-8-14-7-2-3-10-17(14)15/h2-13H,1H3,(H2,19,20,21). The van der Waals surface area contributed by atoms with E-state index in [2.05, 4.69) is 18.2 Å². The van der Waals surface area contributed by atoms with Crippen molar-refractivity contribution in [2.24, 2.45) is 5.14 Å². The Kier molecular flexibility index (Phi) is 3.72. The third kappa shape index (κ3) is 2.63. The molecule has 3 nitrogen and oxygen atoms in total. The molecule has 0 heterocycles. The Morgan fingerprint density at radius 3 is 2.18 bits per heavy atom. The first-order valence-corrected chi connectivity index (χ1v) is 8.62. The van der Waals surface area contributed by atoms with Crippen molar-refractivity contribution >= 4 is 20.8 Å². The van der Waals surface area contributed by atoms with Crippen molar-refractivity contribution in [2.45, 2.75) is 17.7 Å². The van der Waals surface area contributed by atoms with Crippen LogP contribution in [0, 0.1) is 0 Å². The van der Waals surface area contributed by atoms with Crippen LogP contribution in [0.5, 0.6) is 0 Å². The highest BCUT2D eigenvalue weighted by Gasteiger charge is 2.20. The highest BCUT2D eigenvalue weighted by molar-refractivity contribution is 7.89. The molecule has 112 valence electrons. The van der Waals surface area contributed by atoms with Gasteiger partial charge in [0.1, 0.15) is 0 Å². The minimum absolute atomic E-state index is 0.0689. The van der Waals surface area contributed by atoms with Crippen molar-refractivity contribution in [1.82, 2.24) is 0 Å². The van der Waals surface area contributed by atoms with Crippen molar-refractivity contribution in [2.75, 3.05) is 0 Å². The van der Waals surface area contributed by atoms with Gasteiger partial charge in [0.2, 0.25) is 10.0 Å². The number of hydrogen-bond acceptors (Lipinski definition) is 2. The number of rotatable bonds is 3. The summed E-state index contributed by atoms with van der Waals surface area (Å²) >= 11 is 0. The van der Waals surface area contributed by atoms with Crippen molar-refractivity contribution < 1.29 is 8.42 Å². The average Bonchev–Trinajstić information content (AvgIpc) is 2.53. The fourth-order valence-electron chi connectivity index (χ4n) is 2.89. The Bertz CT molecular complexity index is 927. The summed E-state index contributed by atoms with van der Waals surface area (Å²) in [5.74, 6) is -0.0689. The van der Waals surface area contributed by atoms with E-state index in [4.69, 9.17) is 5.14 Å². The molecule has 0 aliphatic heterocycles. The van der Waals surface area contributed by atoms with E-state index < -0.39 is 10.0 Å².